The summed E-state index contributed by atoms with van der Waals surface area (Å²) in [6.07, 6.45) is 7.82. The van der Waals surface area contributed by atoms with Crippen LogP contribution in [0.3, 0.4) is 0 Å². The molecule has 5 heteroatoms. The molecular formula is C14H29IN4. The number of likely N-dealkylation sites (tertiary alicyclic amines) is 2. The maximum atomic E-state index is 6.14. The summed E-state index contributed by atoms with van der Waals surface area (Å²) >= 11 is 0. The first-order chi connectivity index (χ1) is 8.81. The van der Waals surface area contributed by atoms with Gasteiger partial charge >= 0.3 is 0 Å². The predicted molar refractivity (Wildman–Crippen MR) is 92.2 cm³/mol. The van der Waals surface area contributed by atoms with E-state index in [1.54, 1.807) is 0 Å². The van der Waals surface area contributed by atoms with Crippen LogP contribution in [-0.4, -0.2) is 54.5 Å². The maximum Gasteiger partial charge on any atom is 0.191 e. The third-order valence-corrected chi connectivity index (χ3v) is 4.30. The molecule has 2 heterocycles. The minimum absolute atomic E-state index is 0. The Morgan fingerprint density at radius 3 is 2.42 bits per heavy atom. The van der Waals surface area contributed by atoms with Crippen molar-refractivity contribution in [1.82, 2.24) is 9.80 Å². The highest BCUT2D eigenvalue weighted by atomic mass is 127. The van der Waals surface area contributed by atoms with E-state index in [4.69, 9.17) is 5.73 Å². The third-order valence-electron chi connectivity index (χ3n) is 4.30. The number of nitrogens with two attached hydrogens (primary N) is 1. The average molecular weight is 380 g/mol. The lowest BCUT2D eigenvalue weighted by Gasteiger charge is -2.24. The molecule has 0 saturated carbocycles. The Morgan fingerprint density at radius 1 is 1.11 bits per heavy atom. The molecule has 0 bridgehead atoms. The van der Waals surface area contributed by atoms with Gasteiger partial charge in [-0.3, -0.25) is 9.89 Å². The fourth-order valence-corrected chi connectivity index (χ4v) is 3.12. The molecule has 0 aliphatic carbocycles. The Bertz CT molecular complexity index is 275. The van der Waals surface area contributed by atoms with E-state index in [1.807, 2.05) is 0 Å². The number of aliphatic imine (C=N–C) groups is 1. The van der Waals surface area contributed by atoms with Gasteiger partial charge in [0.15, 0.2) is 5.96 Å². The number of likely N-dealkylation sites (N-methyl/N-ethyl adjacent to an activating group) is 1. The molecule has 112 valence electrons. The van der Waals surface area contributed by atoms with E-state index in [0.717, 1.165) is 32.1 Å². The summed E-state index contributed by atoms with van der Waals surface area (Å²) in [6.45, 7) is 7.69. The summed E-state index contributed by atoms with van der Waals surface area (Å²) in [5, 5.41) is 0. The van der Waals surface area contributed by atoms with E-state index in [2.05, 4.69) is 21.7 Å². The Hall–Kier alpha value is -0.0400. The molecule has 0 aromatic carbocycles. The lowest BCUT2D eigenvalue weighted by atomic mass is 10.2. The highest BCUT2D eigenvalue weighted by Gasteiger charge is 2.22. The van der Waals surface area contributed by atoms with Crippen molar-refractivity contribution in [3.63, 3.8) is 0 Å². The van der Waals surface area contributed by atoms with Gasteiger partial charge in [0, 0.05) is 19.1 Å². The van der Waals surface area contributed by atoms with Gasteiger partial charge in [-0.2, -0.15) is 0 Å². The van der Waals surface area contributed by atoms with Crippen molar-refractivity contribution in [3.8, 4) is 0 Å². The van der Waals surface area contributed by atoms with Gasteiger partial charge in [0.05, 0.1) is 6.54 Å². The van der Waals surface area contributed by atoms with Crippen LogP contribution in [0.25, 0.3) is 0 Å². The molecule has 2 aliphatic rings. The van der Waals surface area contributed by atoms with Crippen LogP contribution in [0.5, 0.6) is 0 Å². The lowest BCUT2D eigenvalue weighted by Crippen LogP contribution is -2.39. The molecule has 2 N–H and O–H groups in total. The van der Waals surface area contributed by atoms with Crippen molar-refractivity contribution in [3.05, 3.63) is 0 Å². The molecule has 0 aromatic heterocycles. The molecule has 2 rings (SSSR count). The summed E-state index contributed by atoms with van der Waals surface area (Å²) in [5.41, 5.74) is 6.14. The maximum absolute atomic E-state index is 6.14. The summed E-state index contributed by atoms with van der Waals surface area (Å²) in [5.74, 6) is 0.778. The molecule has 1 unspecified atom stereocenters. The van der Waals surface area contributed by atoms with Crippen LogP contribution in [0.15, 0.2) is 4.99 Å². The van der Waals surface area contributed by atoms with E-state index in [0.29, 0.717) is 6.04 Å². The molecule has 0 amide bonds. The first-order valence-corrected chi connectivity index (χ1v) is 7.60. The van der Waals surface area contributed by atoms with Crippen LogP contribution >= 0.6 is 24.0 Å². The van der Waals surface area contributed by atoms with Gasteiger partial charge in [-0.05, 0) is 38.8 Å². The van der Waals surface area contributed by atoms with Gasteiger partial charge in [0.2, 0.25) is 0 Å². The van der Waals surface area contributed by atoms with Crippen molar-refractivity contribution in [2.24, 2.45) is 10.7 Å². The third kappa shape index (κ3) is 5.10. The molecule has 0 spiro atoms. The van der Waals surface area contributed by atoms with Crippen LogP contribution in [0.2, 0.25) is 0 Å². The summed E-state index contributed by atoms with van der Waals surface area (Å²) < 4.78 is 0. The largest absolute Gasteiger partial charge is 0.370 e. The van der Waals surface area contributed by atoms with Gasteiger partial charge in [-0.1, -0.05) is 19.8 Å². The topological polar surface area (TPSA) is 44.9 Å². The molecule has 0 aromatic rings. The zero-order valence-corrected chi connectivity index (χ0v) is 14.5. The molecular weight excluding hydrogens is 351 g/mol. The van der Waals surface area contributed by atoms with Crippen LogP contribution < -0.4 is 5.73 Å². The van der Waals surface area contributed by atoms with Gasteiger partial charge in [-0.25, -0.2) is 0 Å². The number of nitrogens with zero attached hydrogens (tertiary/aromatic N) is 3. The number of rotatable bonds is 3. The highest BCUT2D eigenvalue weighted by Crippen LogP contribution is 2.17. The molecule has 2 fully saturated rings. The second-order valence-electron chi connectivity index (χ2n) is 5.52. The SMILES string of the molecule is CCN1CCCC1CN=C(N)N1CCCCCC1.I. The second kappa shape index (κ2) is 9.00. The first-order valence-electron chi connectivity index (χ1n) is 7.60. The summed E-state index contributed by atoms with van der Waals surface area (Å²) in [4.78, 5) is 9.45. The quantitative estimate of drug-likeness (QED) is 0.464. The number of halogens is 1. The number of hydrogen-bond acceptors (Lipinski definition) is 2. The van der Waals surface area contributed by atoms with Crippen LogP contribution in [0.4, 0.5) is 0 Å². The Balaban J connectivity index is 0.00000180. The Kier molecular flexibility index (Phi) is 8.06. The number of hydrogen-bond donors (Lipinski definition) is 1. The minimum Gasteiger partial charge on any atom is -0.370 e. The van der Waals surface area contributed by atoms with E-state index in [9.17, 15) is 0 Å². The fourth-order valence-electron chi connectivity index (χ4n) is 3.12. The molecule has 0 radical (unpaired) electrons. The van der Waals surface area contributed by atoms with Crippen LogP contribution in [0.1, 0.15) is 45.4 Å². The van der Waals surface area contributed by atoms with Crippen LogP contribution in [0, 0.1) is 0 Å². The monoisotopic (exact) mass is 380 g/mol. The van der Waals surface area contributed by atoms with E-state index in [1.165, 1.54) is 45.1 Å². The predicted octanol–water partition coefficient (Wildman–Crippen LogP) is 2.28. The standard InChI is InChI=1S/C14H28N4.HI/c1-2-17-11-7-8-13(17)12-16-14(15)18-9-5-3-4-6-10-18;/h13H,2-12H2,1H3,(H2,15,16);1H. The second-order valence-corrected chi connectivity index (χ2v) is 5.52. The minimum atomic E-state index is 0. The molecule has 1 atom stereocenters. The molecule has 4 nitrogen and oxygen atoms in total. The van der Waals surface area contributed by atoms with Crippen molar-refractivity contribution < 1.29 is 0 Å². The summed E-state index contributed by atoms with van der Waals surface area (Å²) in [6, 6.07) is 0.625. The highest BCUT2D eigenvalue weighted by molar-refractivity contribution is 14.0. The average Bonchev–Trinajstić information content (AvgIpc) is 2.67. The normalized spacial score (nSPS) is 26.1. The van der Waals surface area contributed by atoms with Crippen molar-refractivity contribution in [2.45, 2.75) is 51.5 Å². The molecule has 2 saturated heterocycles. The van der Waals surface area contributed by atoms with Crippen LogP contribution in [-0.2, 0) is 0 Å². The van der Waals surface area contributed by atoms with E-state index < -0.39 is 0 Å². The first kappa shape index (κ1) is 17.0. The van der Waals surface area contributed by atoms with E-state index in [-0.39, 0.29) is 24.0 Å². The smallest absolute Gasteiger partial charge is 0.191 e. The van der Waals surface area contributed by atoms with Crippen molar-refractivity contribution in [1.29, 1.82) is 0 Å². The summed E-state index contributed by atoms with van der Waals surface area (Å²) in [7, 11) is 0. The van der Waals surface area contributed by atoms with Gasteiger partial charge in [-0.15, -0.1) is 24.0 Å². The lowest BCUT2D eigenvalue weighted by molar-refractivity contribution is 0.272. The van der Waals surface area contributed by atoms with E-state index >= 15 is 0 Å². The van der Waals surface area contributed by atoms with Gasteiger partial charge < -0.3 is 10.6 Å². The van der Waals surface area contributed by atoms with Crippen molar-refractivity contribution in [2.75, 3.05) is 32.7 Å². The molecule has 19 heavy (non-hydrogen) atoms. The van der Waals surface area contributed by atoms with Gasteiger partial charge in [0.1, 0.15) is 0 Å². The van der Waals surface area contributed by atoms with Gasteiger partial charge in [0.25, 0.3) is 0 Å². The Labute approximate surface area is 134 Å². The van der Waals surface area contributed by atoms with Crippen molar-refractivity contribution >= 4 is 29.9 Å². The fraction of sp³-hybridized carbons (Fsp3) is 0.929. The Morgan fingerprint density at radius 2 is 1.79 bits per heavy atom. The zero-order valence-electron chi connectivity index (χ0n) is 12.2. The zero-order chi connectivity index (χ0) is 12.8. The number of guanidine groups is 1. The molecule has 2 aliphatic heterocycles.